The topological polar surface area (TPSA) is 70.8 Å². The number of hydrogen-bond donors (Lipinski definition) is 1. The molecule has 0 amide bonds. The molecule has 1 spiro atoms. The van der Waals surface area contributed by atoms with E-state index in [0.29, 0.717) is 21.2 Å². The Kier molecular flexibility index (Phi) is 5.99. The lowest BCUT2D eigenvalue weighted by Crippen LogP contribution is -2.61. The lowest BCUT2D eigenvalue weighted by Gasteiger charge is -2.57. The number of nitrogens with one attached hydrogen (secondary N) is 1. The average molecular weight is 543 g/mol. The van der Waals surface area contributed by atoms with Gasteiger partial charge in [0, 0.05) is 40.7 Å². The minimum absolute atomic E-state index is 0.0379. The summed E-state index contributed by atoms with van der Waals surface area (Å²) in [6, 6.07) is 8.44. The van der Waals surface area contributed by atoms with E-state index >= 15 is 0 Å². The summed E-state index contributed by atoms with van der Waals surface area (Å²) in [5.74, 6) is 3.96. The molecule has 1 aliphatic carbocycles. The first-order valence-corrected chi connectivity index (χ1v) is 14.2. The van der Waals surface area contributed by atoms with E-state index in [9.17, 15) is 0 Å². The van der Waals surface area contributed by atoms with Crippen molar-refractivity contribution in [1.29, 1.82) is 0 Å². The molecular weight excluding hydrogens is 509 g/mol. The third-order valence-corrected chi connectivity index (χ3v) is 9.74. The van der Waals surface area contributed by atoms with Crippen molar-refractivity contribution in [2.24, 2.45) is 17.3 Å². The molecular formula is C27H33Cl2N7O. The van der Waals surface area contributed by atoms with E-state index in [-0.39, 0.29) is 6.04 Å². The quantitative estimate of drug-likeness (QED) is 0.474. The largest absolute Gasteiger partial charge is 0.380 e. The molecule has 0 bridgehead atoms. The van der Waals surface area contributed by atoms with Crippen LogP contribution < -0.4 is 10.2 Å². The lowest BCUT2D eigenvalue weighted by molar-refractivity contribution is -0.186. The zero-order chi connectivity index (χ0) is 25.1. The van der Waals surface area contributed by atoms with Gasteiger partial charge in [-0.15, -0.1) is 0 Å². The van der Waals surface area contributed by atoms with Crippen molar-refractivity contribution < 1.29 is 4.74 Å². The number of anilines is 2. The van der Waals surface area contributed by atoms with Gasteiger partial charge in [-0.25, -0.2) is 0 Å². The van der Waals surface area contributed by atoms with Crippen LogP contribution >= 0.6 is 23.2 Å². The van der Waals surface area contributed by atoms with Crippen LogP contribution in [0.1, 0.15) is 44.2 Å². The predicted octanol–water partition coefficient (Wildman–Crippen LogP) is 4.93. The second-order valence-corrected chi connectivity index (χ2v) is 12.4. The predicted molar refractivity (Wildman–Crippen MR) is 146 cm³/mol. The Balaban J connectivity index is 0.983. The first kappa shape index (κ1) is 23.9. The highest BCUT2D eigenvalue weighted by Crippen LogP contribution is 2.49. The standard InChI is InChI=1S/C27H33Cl2N7O/c1-17(22-3-2-20(28)8-23(22)29)32-25-9-24(33-26-30-16-31-36(25)26)35-12-19(13-35)18-4-6-34(7-5-18)21-10-27(11-21)14-37-15-27/h2-3,8-9,16-19,21,32H,4-7,10-15H2,1H3/t17-/m1/s1. The number of nitrogens with zero attached hydrogens (tertiary/aromatic N) is 6. The molecule has 8 nitrogen and oxygen atoms in total. The van der Waals surface area contributed by atoms with Crippen molar-refractivity contribution >= 4 is 40.6 Å². The van der Waals surface area contributed by atoms with Crippen LogP contribution in [0.5, 0.6) is 0 Å². The summed E-state index contributed by atoms with van der Waals surface area (Å²) in [6.07, 6.45) is 6.89. The van der Waals surface area contributed by atoms with Crippen LogP contribution in [0.4, 0.5) is 11.6 Å². The minimum atomic E-state index is -0.0379. The van der Waals surface area contributed by atoms with E-state index < -0.39 is 0 Å². The monoisotopic (exact) mass is 541 g/mol. The van der Waals surface area contributed by atoms with Crippen LogP contribution in [-0.4, -0.2) is 69.9 Å². The second kappa shape index (κ2) is 9.26. The van der Waals surface area contributed by atoms with E-state index in [2.05, 4.69) is 38.2 Å². The third-order valence-electron chi connectivity index (χ3n) is 9.18. The fourth-order valence-electron chi connectivity index (χ4n) is 6.80. The van der Waals surface area contributed by atoms with Crippen LogP contribution in [0.25, 0.3) is 5.78 Å². The van der Waals surface area contributed by atoms with Gasteiger partial charge in [-0.2, -0.15) is 19.6 Å². The van der Waals surface area contributed by atoms with Crippen molar-refractivity contribution in [3.8, 4) is 0 Å². The Morgan fingerprint density at radius 2 is 1.86 bits per heavy atom. The van der Waals surface area contributed by atoms with Crippen molar-refractivity contribution in [1.82, 2.24) is 24.5 Å². The second-order valence-electron chi connectivity index (χ2n) is 11.6. The fraction of sp³-hybridized carbons (Fsp3) is 0.593. The molecule has 1 aromatic carbocycles. The maximum atomic E-state index is 6.46. The Morgan fingerprint density at radius 3 is 2.57 bits per heavy atom. The zero-order valence-electron chi connectivity index (χ0n) is 21.1. The Labute approximate surface area is 227 Å². The molecule has 3 aliphatic heterocycles. The number of halogens is 2. The minimum Gasteiger partial charge on any atom is -0.380 e. The molecule has 7 rings (SSSR count). The third kappa shape index (κ3) is 4.36. The summed E-state index contributed by atoms with van der Waals surface area (Å²) in [5.41, 5.74) is 1.53. The number of hydrogen-bond acceptors (Lipinski definition) is 7. The average Bonchev–Trinajstić information content (AvgIpc) is 3.26. The van der Waals surface area contributed by atoms with E-state index in [1.54, 1.807) is 16.9 Å². The first-order valence-electron chi connectivity index (χ1n) is 13.5. The maximum absolute atomic E-state index is 6.46. The Bertz CT molecular complexity index is 1290. The maximum Gasteiger partial charge on any atom is 0.256 e. The molecule has 0 unspecified atom stereocenters. The number of aromatic nitrogens is 4. The van der Waals surface area contributed by atoms with Crippen LogP contribution in [0, 0.1) is 17.3 Å². The number of likely N-dealkylation sites (tertiary alicyclic amines) is 1. The highest BCUT2D eigenvalue weighted by Gasteiger charge is 2.52. The van der Waals surface area contributed by atoms with Crippen molar-refractivity contribution in [2.75, 3.05) is 49.6 Å². The van der Waals surface area contributed by atoms with Gasteiger partial charge in [0.1, 0.15) is 18.0 Å². The van der Waals surface area contributed by atoms with Crippen LogP contribution in [-0.2, 0) is 4.74 Å². The number of fused-ring (bicyclic) bond motifs is 1. The van der Waals surface area contributed by atoms with E-state index in [1.807, 2.05) is 12.1 Å². The molecule has 3 saturated heterocycles. The molecule has 4 aliphatic rings. The number of ether oxygens (including phenoxy) is 1. The zero-order valence-corrected chi connectivity index (χ0v) is 22.6. The smallest absolute Gasteiger partial charge is 0.256 e. The molecule has 37 heavy (non-hydrogen) atoms. The summed E-state index contributed by atoms with van der Waals surface area (Å²) in [4.78, 5) is 14.3. The summed E-state index contributed by atoms with van der Waals surface area (Å²) in [7, 11) is 0. The highest BCUT2D eigenvalue weighted by atomic mass is 35.5. The summed E-state index contributed by atoms with van der Waals surface area (Å²) in [6.45, 7) is 8.70. The molecule has 1 atom stereocenters. The highest BCUT2D eigenvalue weighted by molar-refractivity contribution is 6.35. The summed E-state index contributed by atoms with van der Waals surface area (Å²) < 4.78 is 7.20. The Hall–Kier alpha value is -2.13. The number of benzene rings is 1. The van der Waals surface area contributed by atoms with Crippen LogP contribution in [0.2, 0.25) is 10.0 Å². The van der Waals surface area contributed by atoms with Crippen molar-refractivity contribution in [2.45, 2.75) is 44.7 Å². The first-order chi connectivity index (χ1) is 18.0. The molecule has 5 heterocycles. The molecule has 196 valence electrons. The van der Waals surface area contributed by atoms with E-state index in [4.69, 9.17) is 32.9 Å². The normalized spacial score (nSPS) is 23.6. The molecule has 10 heteroatoms. The molecule has 1 N–H and O–H groups in total. The van der Waals surface area contributed by atoms with Gasteiger partial charge in [-0.3, -0.25) is 0 Å². The lowest BCUT2D eigenvalue weighted by atomic mass is 9.63. The van der Waals surface area contributed by atoms with Gasteiger partial charge < -0.3 is 19.9 Å². The van der Waals surface area contributed by atoms with Gasteiger partial charge in [0.15, 0.2) is 0 Å². The van der Waals surface area contributed by atoms with E-state index in [0.717, 1.165) is 61.4 Å². The summed E-state index contributed by atoms with van der Waals surface area (Å²) >= 11 is 12.6. The summed E-state index contributed by atoms with van der Waals surface area (Å²) in [5, 5.41) is 9.21. The van der Waals surface area contributed by atoms with Gasteiger partial charge in [-0.05, 0) is 75.2 Å². The number of piperidine rings is 1. The molecule has 0 radical (unpaired) electrons. The fourth-order valence-corrected chi connectivity index (χ4v) is 7.37. The van der Waals surface area contributed by atoms with Gasteiger partial charge in [0.2, 0.25) is 0 Å². The van der Waals surface area contributed by atoms with Crippen LogP contribution in [0.15, 0.2) is 30.6 Å². The van der Waals surface area contributed by atoms with Crippen molar-refractivity contribution in [3.63, 3.8) is 0 Å². The van der Waals surface area contributed by atoms with Gasteiger partial charge >= 0.3 is 0 Å². The molecule has 3 aromatic rings. The van der Waals surface area contributed by atoms with Crippen LogP contribution in [0.3, 0.4) is 0 Å². The number of rotatable bonds is 6. The van der Waals surface area contributed by atoms with Gasteiger partial charge in [-0.1, -0.05) is 29.3 Å². The molecule has 1 saturated carbocycles. The van der Waals surface area contributed by atoms with Crippen molar-refractivity contribution in [3.05, 3.63) is 46.2 Å². The SMILES string of the molecule is C[C@@H](Nc1cc(N2CC(C3CCN(C4CC5(COC5)C4)CC3)C2)nc2ncnn12)c1ccc(Cl)cc1Cl. The molecule has 4 fully saturated rings. The molecule has 2 aromatic heterocycles. The van der Waals surface area contributed by atoms with Gasteiger partial charge in [0.25, 0.3) is 5.78 Å². The van der Waals surface area contributed by atoms with Gasteiger partial charge in [0.05, 0.1) is 19.3 Å². The Morgan fingerprint density at radius 1 is 1.08 bits per heavy atom. The van der Waals surface area contributed by atoms with E-state index in [1.165, 1.54) is 38.8 Å².